The van der Waals surface area contributed by atoms with Gasteiger partial charge in [-0.3, -0.25) is 9.69 Å². The maximum Gasteiger partial charge on any atom is 0.225 e. The highest BCUT2D eigenvalue weighted by Gasteiger charge is 2.42. The molecule has 4 aliphatic heterocycles. The predicted molar refractivity (Wildman–Crippen MR) is 132 cm³/mol. The Balaban J connectivity index is 1.09. The number of imidazole rings is 1. The number of hydrogen-bond donors (Lipinski definition) is 0. The molecule has 0 radical (unpaired) electrons. The Kier molecular flexibility index (Phi) is 6.66. The van der Waals surface area contributed by atoms with E-state index in [9.17, 15) is 4.79 Å². The third-order valence-electron chi connectivity index (χ3n) is 8.16. The number of hydrogen-bond acceptors (Lipinski definition) is 7. The lowest BCUT2D eigenvalue weighted by molar-refractivity contribution is -0.188. The molecule has 9 heteroatoms. The van der Waals surface area contributed by atoms with Crippen molar-refractivity contribution in [3.63, 3.8) is 0 Å². The molecule has 4 saturated heterocycles. The standard InChI is InChI=1S/C26H37N5O4/c32-24(29-11-7-26(8-12-29)34-19-20-35-26)21-5-9-30(10-6-21)25-27-22-3-1-2-4-23(22)31(25)14-13-28-15-17-33-18-16-28/h1-4,21H,5-20H2. The molecule has 0 unspecified atom stereocenters. The number of morpholine rings is 1. The van der Waals surface area contributed by atoms with Gasteiger partial charge in [-0.2, -0.15) is 0 Å². The van der Waals surface area contributed by atoms with Crippen molar-refractivity contribution in [2.75, 3.05) is 77.1 Å². The first-order valence-electron chi connectivity index (χ1n) is 13.3. The number of ether oxygens (including phenoxy) is 3. The number of piperidine rings is 2. The van der Waals surface area contributed by atoms with Gasteiger partial charge in [0.15, 0.2) is 5.79 Å². The molecule has 0 N–H and O–H groups in total. The van der Waals surface area contributed by atoms with Crippen molar-refractivity contribution in [1.82, 2.24) is 19.4 Å². The van der Waals surface area contributed by atoms with Crippen LogP contribution in [0.25, 0.3) is 11.0 Å². The SMILES string of the molecule is O=C(C1CCN(c2nc3ccccc3n2CCN2CCOCC2)CC1)N1CCC2(CC1)OCCO2. The Morgan fingerprint density at radius 2 is 1.63 bits per heavy atom. The lowest BCUT2D eigenvalue weighted by atomic mass is 9.93. The summed E-state index contributed by atoms with van der Waals surface area (Å²) in [4.78, 5) is 25.2. The Labute approximate surface area is 206 Å². The van der Waals surface area contributed by atoms with Crippen LogP contribution in [-0.4, -0.2) is 103 Å². The van der Waals surface area contributed by atoms with E-state index in [-0.39, 0.29) is 5.92 Å². The number of aromatic nitrogens is 2. The summed E-state index contributed by atoms with van der Waals surface area (Å²) in [5.74, 6) is 1.01. The first kappa shape index (κ1) is 23.2. The Morgan fingerprint density at radius 1 is 0.914 bits per heavy atom. The summed E-state index contributed by atoms with van der Waals surface area (Å²) in [7, 11) is 0. The van der Waals surface area contributed by atoms with Crippen LogP contribution in [0.15, 0.2) is 24.3 Å². The van der Waals surface area contributed by atoms with Gasteiger partial charge >= 0.3 is 0 Å². The van der Waals surface area contributed by atoms with Crippen LogP contribution in [0.5, 0.6) is 0 Å². The van der Waals surface area contributed by atoms with Crippen LogP contribution in [-0.2, 0) is 25.5 Å². The van der Waals surface area contributed by atoms with E-state index in [1.54, 1.807) is 0 Å². The molecule has 0 bridgehead atoms. The van der Waals surface area contributed by atoms with Crippen molar-refractivity contribution in [3.05, 3.63) is 24.3 Å². The molecule has 6 rings (SSSR count). The molecule has 4 fully saturated rings. The first-order chi connectivity index (χ1) is 17.2. The second kappa shape index (κ2) is 10.0. The lowest BCUT2D eigenvalue weighted by Gasteiger charge is -2.40. The van der Waals surface area contributed by atoms with Crippen LogP contribution in [0, 0.1) is 5.92 Å². The Hall–Kier alpha value is -2.20. The monoisotopic (exact) mass is 483 g/mol. The summed E-state index contributed by atoms with van der Waals surface area (Å²) in [6, 6.07) is 8.42. The van der Waals surface area contributed by atoms with Gasteiger partial charge in [0.2, 0.25) is 11.9 Å². The number of likely N-dealkylation sites (tertiary alicyclic amines) is 1. The lowest BCUT2D eigenvalue weighted by Crippen LogP contribution is -2.50. The highest BCUT2D eigenvalue weighted by Crippen LogP contribution is 2.33. The molecule has 1 aromatic carbocycles. The average molecular weight is 484 g/mol. The molecule has 5 heterocycles. The van der Waals surface area contributed by atoms with Gasteiger partial charge in [-0.05, 0) is 25.0 Å². The molecule has 0 aliphatic carbocycles. The van der Waals surface area contributed by atoms with Gasteiger partial charge in [0, 0.05) is 71.1 Å². The number of anilines is 1. The van der Waals surface area contributed by atoms with Crippen LogP contribution in [0.1, 0.15) is 25.7 Å². The van der Waals surface area contributed by atoms with Crippen LogP contribution < -0.4 is 4.90 Å². The summed E-state index contributed by atoms with van der Waals surface area (Å²) in [6.45, 7) is 10.1. The second-order valence-corrected chi connectivity index (χ2v) is 10.2. The molecule has 0 saturated carbocycles. The fraction of sp³-hybridized carbons (Fsp3) is 0.692. The normalized spacial score (nSPS) is 24.0. The molecular formula is C26H37N5O4. The quantitative estimate of drug-likeness (QED) is 0.644. The highest BCUT2D eigenvalue weighted by atomic mass is 16.7. The van der Waals surface area contributed by atoms with Crippen molar-refractivity contribution < 1.29 is 19.0 Å². The maximum atomic E-state index is 13.3. The van der Waals surface area contributed by atoms with Crippen molar-refractivity contribution in [2.24, 2.45) is 5.92 Å². The molecule has 0 atom stereocenters. The number of nitrogens with zero attached hydrogens (tertiary/aromatic N) is 5. The van der Waals surface area contributed by atoms with Gasteiger partial charge in [-0.1, -0.05) is 12.1 Å². The number of rotatable bonds is 5. The van der Waals surface area contributed by atoms with Crippen LogP contribution in [0.4, 0.5) is 5.95 Å². The van der Waals surface area contributed by atoms with Crippen molar-refractivity contribution >= 4 is 22.9 Å². The van der Waals surface area contributed by atoms with E-state index in [1.807, 2.05) is 4.90 Å². The van der Waals surface area contributed by atoms with Gasteiger partial charge in [-0.25, -0.2) is 4.98 Å². The van der Waals surface area contributed by atoms with Gasteiger partial charge in [-0.15, -0.1) is 0 Å². The highest BCUT2D eigenvalue weighted by molar-refractivity contribution is 5.80. The maximum absolute atomic E-state index is 13.3. The smallest absolute Gasteiger partial charge is 0.225 e. The number of amides is 1. The summed E-state index contributed by atoms with van der Waals surface area (Å²) in [6.07, 6.45) is 3.32. The van der Waals surface area contributed by atoms with Gasteiger partial charge in [0.25, 0.3) is 0 Å². The molecule has 35 heavy (non-hydrogen) atoms. The van der Waals surface area contributed by atoms with Gasteiger partial charge in [0.1, 0.15) is 0 Å². The van der Waals surface area contributed by atoms with E-state index < -0.39 is 5.79 Å². The van der Waals surface area contributed by atoms with E-state index >= 15 is 0 Å². The zero-order valence-electron chi connectivity index (χ0n) is 20.6. The van der Waals surface area contributed by atoms with Crippen molar-refractivity contribution in [3.8, 4) is 0 Å². The Bertz CT molecular complexity index is 1010. The minimum Gasteiger partial charge on any atom is -0.379 e. The van der Waals surface area contributed by atoms with E-state index in [0.29, 0.717) is 19.1 Å². The fourth-order valence-electron chi connectivity index (χ4n) is 6.03. The minimum absolute atomic E-state index is 0.0943. The minimum atomic E-state index is -0.430. The predicted octanol–water partition coefficient (Wildman–Crippen LogP) is 1.95. The first-order valence-corrected chi connectivity index (χ1v) is 13.3. The second-order valence-electron chi connectivity index (χ2n) is 10.2. The summed E-state index contributed by atoms with van der Waals surface area (Å²) in [5.41, 5.74) is 2.23. The molecule has 9 nitrogen and oxygen atoms in total. The number of carbonyl (C=O) groups is 1. The number of para-hydroxylation sites is 2. The number of carbonyl (C=O) groups excluding carboxylic acids is 1. The summed E-state index contributed by atoms with van der Waals surface area (Å²) in [5, 5.41) is 0. The zero-order chi connectivity index (χ0) is 23.7. The van der Waals surface area contributed by atoms with Gasteiger partial charge < -0.3 is 28.6 Å². The van der Waals surface area contributed by atoms with Crippen LogP contribution in [0.2, 0.25) is 0 Å². The third kappa shape index (κ3) is 4.79. The summed E-state index contributed by atoms with van der Waals surface area (Å²) < 4.78 is 19.5. The molecule has 1 amide bonds. The largest absolute Gasteiger partial charge is 0.379 e. The van der Waals surface area contributed by atoms with Crippen LogP contribution >= 0.6 is 0 Å². The summed E-state index contributed by atoms with van der Waals surface area (Å²) >= 11 is 0. The molecular weight excluding hydrogens is 446 g/mol. The van der Waals surface area contributed by atoms with Gasteiger partial charge in [0.05, 0.1) is 37.5 Å². The van der Waals surface area contributed by atoms with E-state index in [0.717, 1.165) is 103 Å². The van der Waals surface area contributed by atoms with E-state index in [2.05, 4.69) is 38.6 Å². The molecule has 1 aromatic heterocycles. The van der Waals surface area contributed by atoms with Crippen molar-refractivity contribution in [1.29, 1.82) is 0 Å². The van der Waals surface area contributed by atoms with Crippen LogP contribution in [0.3, 0.4) is 0 Å². The van der Waals surface area contributed by atoms with E-state index in [1.165, 1.54) is 5.52 Å². The average Bonchev–Trinajstić information content (AvgIpc) is 3.53. The number of fused-ring (bicyclic) bond motifs is 1. The topological polar surface area (TPSA) is 72.3 Å². The van der Waals surface area contributed by atoms with E-state index in [4.69, 9.17) is 19.2 Å². The molecule has 190 valence electrons. The van der Waals surface area contributed by atoms with Crippen molar-refractivity contribution in [2.45, 2.75) is 38.0 Å². The molecule has 1 spiro atoms. The number of benzene rings is 1. The fourth-order valence-corrected chi connectivity index (χ4v) is 6.03. The third-order valence-corrected chi connectivity index (χ3v) is 8.16. The molecule has 4 aliphatic rings. The Morgan fingerprint density at radius 3 is 2.37 bits per heavy atom. The molecule has 2 aromatic rings. The zero-order valence-corrected chi connectivity index (χ0v) is 20.6.